The van der Waals surface area contributed by atoms with Gasteiger partial charge in [0, 0.05) is 5.41 Å². The summed E-state index contributed by atoms with van der Waals surface area (Å²) in [4.78, 5) is 19.4. The van der Waals surface area contributed by atoms with Gasteiger partial charge in [0.2, 0.25) is 0 Å². The van der Waals surface area contributed by atoms with Crippen LogP contribution in [0.25, 0.3) is 0 Å². The first-order valence-corrected chi connectivity index (χ1v) is 5.80. The van der Waals surface area contributed by atoms with E-state index in [1.54, 1.807) is 0 Å². The van der Waals surface area contributed by atoms with E-state index in [0.717, 1.165) is 10.7 Å². The lowest BCUT2D eigenvalue weighted by Crippen LogP contribution is -2.20. The lowest BCUT2D eigenvalue weighted by atomic mass is 9.92. The molecule has 0 fully saturated rings. The minimum Gasteiger partial charge on any atom is -0.364 e. The van der Waals surface area contributed by atoms with Crippen LogP contribution in [0.3, 0.4) is 0 Å². The summed E-state index contributed by atoms with van der Waals surface area (Å²) in [7, 11) is 0. The van der Waals surface area contributed by atoms with Gasteiger partial charge in [0.15, 0.2) is 0 Å². The second kappa shape index (κ2) is 4.18. The fourth-order valence-electron chi connectivity index (χ4n) is 1.15. The van der Waals surface area contributed by atoms with Crippen LogP contribution < -0.4 is 5.73 Å². The van der Waals surface area contributed by atoms with Gasteiger partial charge in [0.1, 0.15) is 10.7 Å². The van der Waals surface area contributed by atoms with E-state index in [-0.39, 0.29) is 11.1 Å². The van der Waals surface area contributed by atoms with E-state index in [4.69, 9.17) is 5.73 Å². The van der Waals surface area contributed by atoms with Crippen LogP contribution in [0.2, 0.25) is 0 Å². The molecule has 1 aromatic heterocycles. The molecule has 0 bridgehead atoms. The molecule has 0 aliphatic carbocycles. The van der Waals surface area contributed by atoms with Gasteiger partial charge in [-0.15, -0.1) is 11.8 Å². The molecule has 0 spiro atoms. The van der Waals surface area contributed by atoms with Crippen molar-refractivity contribution < 1.29 is 4.79 Å². The predicted octanol–water partition coefficient (Wildman–Crippen LogP) is 1.59. The maximum absolute atomic E-state index is 10.9. The predicted molar refractivity (Wildman–Crippen MR) is 61.0 cm³/mol. The maximum atomic E-state index is 10.9. The molecule has 1 aromatic rings. The molecule has 1 heterocycles. The highest BCUT2D eigenvalue weighted by Gasteiger charge is 2.21. The largest absolute Gasteiger partial charge is 0.364 e. The zero-order valence-corrected chi connectivity index (χ0v) is 10.2. The molecule has 0 radical (unpaired) electrons. The van der Waals surface area contributed by atoms with Gasteiger partial charge in [-0.1, -0.05) is 20.8 Å². The van der Waals surface area contributed by atoms with Crippen molar-refractivity contribution in [2.75, 3.05) is 6.26 Å². The monoisotopic (exact) mass is 225 g/mol. The molecule has 0 atom stereocenters. The molecule has 0 aliphatic rings. The first kappa shape index (κ1) is 12.0. The smallest absolute Gasteiger partial charge is 0.268 e. The van der Waals surface area contributed by atoms with Crippen molar-refractivity contribution in [2.24, 2.45) is 5.73 Å². The number of primary amides is 1. The summed E-state index contributed by atoms with van der Waals surface area (Å²) in [5.41, 5.74) is 6.17. The molecule has 1 amide bonds. The van der Waals surface area contributed by atoms with E-state index in [1.807, 2.05) is 6.26 Å². The van der Waals surface area contributed by atoms with E-state index in [9.17, 15) is 4.79 Å². The number of nitrogens with two attached hydrogens (primary N) is 1. The van der Waals surface area contributed by atoms with E-state index in [2.05, 4.69) is 30.7 Å². The number of amides is 1. The van der Waals surface area contributed by atoms with Gasteiger partial charge in [0.05, 0.1) is 11.9 Å². The van der Waals surface area contributed by atoms with Crippen LogP contribution in [0.4, 0.5) is 0 Å². The number of carbonyl (C=O) groups is 1. The zero-order valence-electron chi connectivity index (χ0n) is 9.37. The summed E-state index contributed by atoms with van der Waals surface area (Å²) in [6, 6.07) is 0. The summed E-state index contributed by atoms with van der Waals surface area (Å²) in [6.07, 6.45) is 3.34. The standard InChI is InChI=1S/C10H15N3OS/c1-10(2,3)7-9(15-4)13-6(5-12-7)8(11)14/h5H,1-4H3,(H2,11,14). The Balaban J connectivity index is 3.27. The Kier molecular flexibility index (Phi) is 3.34. The van der Waals surface area contributed by atoms with Gasteiger partial charge in [-0.05, 0) is 6.26 Å². The lowest BCUT2D eigenvalue weighted by Gasteiger charge is -2.19. The minimum absolute atomic E-state index is 0.0818. The Morgan fingerprint density at radius 3 is 2.47 bits per heavy atom. The van der Waals surface area contributed by atoms with Crippen LogP contribution in [-0.2, 0) is 5.41 Å². The maximum Gasteiger partial charge on any atom is 0.268 e. The van der Waals surface area contributed by atoms with E-state index in [0.29, 0.717) is 0 Å². The normalized spacial score (nSPS) is 11.5. The molecule has 4 nitrogen and oxygen atoms in total. The summed E-state index contributed by atoms with van der Waals surface area (Å²) in [6.45, 7) is 6.17. The van der Waals surface area contributed by atoms with Crippen molar-refractivity contribution in [2.45, 2.75) is 31.2 Å². The third kappa shape index (κ3) is 2.68. The van der Waals surface area contributed by atoms with Crippen molar-refractivity contribution in [3.8, 4) is 0 Å². The number of hydrogen-bond donors (Lipinski definition) is 1. The molecule has 0 aliphatic heterocycles. The van der Waals surface area contributed by atoms with Gasteiger partial charge >= 0.3 is 0 Å². The Morgan fingerprint density at radius 2 is 2.07 bits per heavy atom. The molecule has 0 unspecified atom stereocenters. The number of rotatable bonds is 2. The van der Waals surface area contributed by atoms with Gasteiger partial charge < -0.3 is 5.73 Å². The van der Waals surface area contributed by atoms with Crippen molar-refractivity contribution in [3.05, 3.63) is 17.6 Å². The first-order chi connectivity index (χ1) is 6.86. The molecule has 15 heavy (non-hydrogen) atoms. The molecule has 82 valence electrons. The van der Waals surface area contributed by atoms with Gasteiger partial charge in [-0.3, -0.25) is 9.78 Å². The Hall–Kier alpha value is -1.10. The van der Waals surface area contributed by atoms with Crippen molar-refractivity contribution in [1.29, 1.82) is 0 Å². The average molecular weight is 225 g/mol. The summed E-state index contributed by atoms with van der Waals surface area (Å²) in [5.74, 6) is -0.543. The van der Waals surface area contributed by atoms with Crippen LogP contribution in [0.5, 0.6) is 0 Å². The average Bonchev–Trinajstić information content (AvgIpc) is 2.15. The highest BCUT2D eigenvalue weighted by atomic mass is 32.2. The molecule has 2 N–H and O–H groups in total. The minimum atomic E-state index is -0.543. The van der Waals surface area contributed by atoms with Crippen LogP contribution in [-0.4, -0.2) is 22.1 Å². The summed E-state index contributed by atoms with van der Waals surface area (Å²) < 4.78 is 0. The van der Waals surface area contributed by atoms with Gasteiger partial charge in [-0.2, -0.15) is 0 Å². The molecule has 0 saturated heterocycles. The highest BCUT2D eigenvalue weighted by Crippen LogP contribution is 2.27. The molecule has 5 heteroatoms. The van der Waals surface area contributed by atoms with Crippen molar-refractivity contribution >= 4 is 17.7 Å². The second-order valence-electron chi connectivity index (χ2n) is 4.23. The van der Waals surface area contributed by atoms with Crippen LogP contribution in [0, 0.1) is 0 Å². The van der Waals surface area contributed by atoms with Crippen molar-refractivity contribution in [3.63, 3.8) is 0 Å². The number of nitrogens with zero attached hydrogens (tertiary/aromatic N) is 2. The Bertz CT molecular complexity index is 385. The first-order valence-electron chi connectivity index (χ1n) is 4.57. The second-order valence-corrected chi connectivity index (χ2v) is 5.02. The third-order valence-corrected chi connectivity index (χ3v) is 2.57. The van der Waals surface area contributed by atoms with Crippen LogP contribution in [0.15, 0.2) is 11.2 Å². The van der Waals surface area contributed by atoms with E-state index < -0.39 is 5.91 Å². The third-order valence-electron chi connectivity index (χ3n) is 1.90. The Labute approximate surface area is 93.7 Å². The highest BCUT2D eigenvalue weighted by molar-refractivity contribution is 7.98. The van der Waals surface area contributed by atoms with Gasteiger partial charge in [0.25, 0.3) is 5.91 Å². The fraction of sp³-hybridized carbons (Fsp3) is 0.500. The SMILES string of the molecule is CSc1nc(C(N)=O)cnc1C(C)(C)C. The summed E-state index contributed by atoms with van der Waals surface area (Å²) >= 11 is 1.47. The van der Waals surface area contributed by atoms with Gasteiger partial charge in [-0.25, -0.2) is 4.98 Å². The Morgan fingerprint density at radius 1 is 1.47 bits per heavy atom. The van der Waals surface area contributed by atoms with E-state index in [1.165, 1.54) is 18.0 Å². The fourth-order valence-corrected chi connectivity index (χ4v) is 1.89. The van der Waals surface area contributed by atoms with Crippen LogP contribution >= 0.6 is 11.8 Å². The topological polar surface area (TPSA) is 68.9 Å². The zero-order chi connectivity index (χ0) is 11.6. The molecular weight excluding hydrogens is 210 g/mol. The lowest BCUT2D eigenvalue weighted by molar-refractivity contribution is 0.0994. The number of thioether (sulfide) groups is 1. The van der Waals surface area contributed by atoms with Crippen molar-refractivity contribution in [1.82, 2.24) is 9.97 Å². The number of hydrogen-bond acceptors (Lipinski definition) is 4. The number of aromatic nitrogens is 2. The quantitative estimate of drug-likeness (QED) is 0.776. The molecular formula is C10H15N3OS. The summed E-state index contributed by atoms with van der Waals surface area (Å²) in [5, 5.41) is 0.763. The molecule has 0 saturated carbocycles. The number of carbonyl (C=O) groups excluding carboxylic acids is 1. The molecule has 0 aromatic carbocycles. The van der Waals surface area contributed by atoms with Crippen LogP contribution in [0.1, 0.15) is 37.0 Å². The van der Waals surface area contributed by atoms with E-state index >= 15 is 0 Å². The molecule has 1 rings (SSSR count).